The molecule has 2 aromatic heterocycles. The maximum Gasteiger partial charge on any atom is 0.188 e. The maximum absolute atomic E-state index is 6.43. The van der Waals surface area contributed by atoms with Crippen LogP contribution in [0.1, 0.15) is 55.5 Å². The molecule has 23 heavy (non-hydrogen) atoms. The monoisotopic (exact) mass is 323 g/mol. The van der Waals surface area contributed by atoms with Crippen molar-refractivity contribution in [1.29, 1.82) is 0 Å². The molecule has 1 spiro atoms. The van der Waals surface area contributed by atoms with Gasteiger partial charge in [0.25, 0.3) is 0 Å². The molecule has 1 fully saturated rings. The van der Waals surface area contributed by atoms with Gasteiger partial charge in [-0.25, -0.2) is 0 Å². The summed E-state index contributed by atoms with van der Waals surface area (Å²) in [4.78, 5) is 3.78. The van der Waals surface area contributed by atoms with Crippen LogP contribution in [0.4, 0.5) is 5.69 Å². The van der Waals surface area contributed by atoms with Crippen molar-refractivity contribution >= 4 is 27.3 Å². The van der Waals surface area contributed by atoms with Gasteiger partial charge in [-0.05, 0) is 49.8 Å². The van der Waals surface area contributed by atoms with Gasteiger partial charge in [-0.1, -0.05) is 31.0 Å². The summed E-state index contributed by atoms with van der Waals surface area (Å²) in [5, 5.41) is 3.48. The van der Waals surface area contributed by atoms with Gasteiger partial charge >= 0.3 is 0 Å². The van der Waals surface area contributed by atoms with Crippen LogP contribution in [-0.2, 0) is 5.54 Å². The summed E-state index contributed by atoms with van der Waals surface area (Å²) < 4.78 is 6.43. The first kappa shape index (κ1) is 13.7. The molecule has 0 amide bonds. The molecule has 1 aliphatic carbocycles. The molecule has 5 rings (SSSR count). The molecule has 1 aromatic carbocycles. The fourth-order valence-corrected chi connectivity index (χ4v) is 5.68. The van der Waals surface area contributed by atoms with Gasteiger partial charge in [0.2, 0.25) is 0 Å². The van der Waals surface area contributed by atoms with E-state index in [4.69, 9.17) is 4.42 Å². The Hall–Kier alpha value is -1.74. The molecule has 118 valence electrons. The molecular formula is C20H21NOS. The fourth-order valence-electron chi connectivity index (χ4n) is 4.91. The number of benzene rings is 1. The Balaban J connectivity index is 1.78. The lowest BCUT2D eigenvalue weighted by Crippen LogP contribution is -2.40. The zero-order valence-corrected chi connectivity index (χ0v) is 14.5. The predicted molar refractivity (Wildman–Crippen MR) is 96.3 cm³/mol. The topological polar surface area (TPSA) is 16.4 Å². The second kappa shape index (κ2) is 4.64. The number of aryl methyl sites for hydroxylation is 1. The first-order chi connectivity index (χ1) is 11.2. The Kier molecular flexibility index (Phi) is 2.76. The van der Waals surface area contributed by atoms with Crippen molar-refractivity contribution in [3.63, 3.8) is 0 Å². The number of rotatable bonds is 1. The number of hydrogen-bond acceptors (Lipinski definition) is 3. The largest absolute Gasteiger partial charge is 0.447 e. The van der Waals surface area contributed by atoms with Crippen LogP contribution >= 0.6 is 11.3 Å². The Bertz CT molecular complexity index is 884. The van der Waals surface area contributed by atoms with E-state index in [0.29, 0.717) is 6.04 Å². The summed E-state index contributed by atoms with van der Waals surface area (Å²) in [7, 11) is 0. The zero-order chi connectivity index (χ0) is 15.6. The summed E-state index contributed by atoms with van der Waals surface area (Å²) in [5.41, 5.74) is 4.24. The number of fused-ring (bicyclic) bond motifs is 4. The lowest BCUT2D eigenvalue weighted by Gasteiger charge is -2.40. The van der Waals surface area contributed by atoms with E-state index in [1.54, 1.807) is 11.3 Å². The molecule has 0 N–H and O–H groups in total. The second-order valence-electron chi connectivity index (χ2n) is 7.04. The molecule has 2 aliphatic rings. The number of nitrogens with zero attached hydrogens (tertiary/aromatic N) is 1. The minimum atomic E-state index is 0.0691. The van der Waals surface area contributed by atoms with Crippen molar-refractivity contribution in [2.45, 2.75) is 51.1 Å². The Labute approximate surface area is 140 Å². The SMILES string of the molecule is Cc1ccccc1N1C(C)c2c(oc3sccc23)C12CCCC2. The van der Waals surface area contributed by atoms with Crippen molar-refractivity contribution in [3.05, 3.63) is 52.6 Å². The molecule has 1 unspecified atom stereocenters. The smallest absolute Gasteiger partial charge is 0.188 e. The van der Waals surface area contributed by atoms with Crippen LogP contribution in [0.5, 0.6) is 0 Å². The number of para-hydroxylation sites is 1. The van der Waals surface area contributed by atoms with Gasteiger partial charge in [-0.15, -0.1) is 11.3 Å². The van der Waals surface area contributed by atoms with E-state index in [0.717, 1.165) is 4.90 Å². The van der Waals surface area contributed by atoms with E-state index < -0.39 is 0 Å². The lowest BCUT2D eigenvalue weighted by molar-refractivity contribution is 0.349. The Morgan fingerprint density at radius 2 is 1.96 bits per heavy atom. The second-order valence-corrected chi connectivity index (χ2v) is 7.92. The van der Waals surface area contributed by atoms with Crippen LogP contribution in [0.3, 0.4) is 0 Å². The number of furan rings is 1. The lowest BCUT2D eigenvalue weighted by atomic mass is 9.93. The van der Waals surface area contributed by atoms with Gasteiger partial charge in [0.1, 0.15) is 5.76 Å². The van der Waals surface area contributed by atoms with Crippen molar-refractivity contribution in [3.8, 4) is 0 Å². The third-order valence-corrected chi connectivity index (χ3v) is 6.64. The van der Waals surface area contributed by atoms with Gasteiger partial charge in [0, 0.05) is 16.6 Å². The van der Waals surface area contributed by atoms with Gasteiger partial charge in [0.15, 0.2) is 4.90 Å². The van der Waals surface area contributed by atoms with E-state index in [2.05, 4.69) is 54.5 Å². The van der Waals surface area contributed by atoms with Crippen LogP contribution in [0.15, 0.2) is 40.1 Å². The molecule has 2 nitrogen and oxygen atoms in total. The Morgan fingerprint density at radius 3 is 2.74 bits per heavy atom. The third-order valence-electron chi connectivity index (χ3n) is 5.85. The minimum absolute atomic E-state index is 0.0691. The first-order valence-electron chi connectivity index (χ1n) is 8.58. The summed E-state index contributed by atoms with van der Waals surface area (Å²) in [6.07, 6.45) is 5.00. The van der Waals surface area contributed by atoms with Gasteiger partial charge in [-0.3, -0.25) is 0 Å². The predicted octanol–water partition coefficient (Wildman–Crippen LogP) is 6.15. The van der Waals surface area contributed by atoms with Crippen molar-refractivity contribution < 1.29 is 4.42 Å². The summed E-state index contributed by atoms with van der Waals surface area (Å²) in [6.45, 7) is 4.58. The summed E-state index contributed by atoms with van der Waals surface area (Å²) in [6, 6.07) is 11.4. The number of hydrogen-bond donors (Lipinski definition) is 0. The van der Waals surface area contributed by atoms with E-state index >= 15 is 0 Å². The minimum Gasteiger partial charge on any atom is -0.447 e. The first-order valence-corrected chi connectivity index (χ1v) is 9.46. The van der Waals surface area contributed by atoms with E-state index in [-0.39, 0.29) is 5.54 Å². The Morgan fingerprint density at radius 1 is 1.17 bits per heavy atom. The van der Waals surface area contributed by atoms with Crippen molar-refractivity contribution in [2.24, 2.45) is 0 Å². The highest BCUT2D eigenvalue weighted by Gasteiger charge is 2.54. The van der Waals surface area contributed by atoms with Gasteiger partial charge < -0.3 is 9.32 Å². The highest BCUT2D eigenvalue weighted by molar-refractivity contribution is 7.16. The number of anilines is 1. The quantitative estimate of drug-likeness (QED) is 0.534. The van der Waals surface area contributed by atoms with E-state index in [1.807, 2.05) is 0 Å². The highest BCUT2D eigenvalue weighted by Crippen LogP contribution is 2.59. The van der Waals surface area contributed by atoms with Crippen LogP contribution in [0.2, 0.25) is 0 Å². The van der Waals surface area contributed by atoms with E-state index in [1.165, 1.54) is 53.6 Å². The van der Waals surface area contributed by atoms with Crippen molar-refractivity contribution in [2.75, 3.05) is 4.90 Å². The highest BCUT2D eigenvalue weighted by atomic mass is 32.1. The van der Waals surface area contributed by atoms with Crippen LogP contribution in [0.25, 0.3) is 10.3 Å². The van der Waals surface area contributed by atoms with Crippen LogP contribution in [0, 0.1) is 6.92 Å². The fraction of sp³-hybridized carbons (Fsp3) is 0.400. The molecule has 1 saturated carbocycles. The average molecular weight is 323 g/mol. The average Bonchev–Trinajstić information content (AvgIpc) is 3.26. The normalized spacial score (nSPS) is 22.3. The molecule has 3 heterocycles. The maximum atomic E-state index is 6.43. The van der Waals surface area contributed by atoms with Crippen LogP contribution in [-0.4, -0.2) is 0 Å². The molecule has 1 atom stereocenters. The molecule has 1 aliphatic heterocycles. The zero-order valence-electron chi connectivity index (χ0n) is 13.6. The summed E-state index contributed by atoms with van der Waals surface area (Å²) in [5.74, 6) is 1.26. The molecule has 3 aromatic rings. The summed E-state index contributed by atoms with van der Waals surface area (Å²) >= 11 is 1.73. The third kappa shape index (κ3) is 1.64. The molecule has 0 saturated heterocycles. The van der Waals surface area contributed by atoms with Crippen LogP contribution < -0.4 is 4.90 Å². The van der Waals surface area contributed by atoms with Crippen molar-refractivity contribution in [1.82, 2.24) is 0 Å². The molecule has 3 heteroatoms. The standard InChI is InChI=1S/C20H21NOS/c1-13-7-3-4-8-16(13)21-14(2)17-15-9-12-23-19(15)22-18(17)20(21)10-5-6-11-20/h3-4,7-9,12,14H,5-6,10-11H2,1-2H3. The number of thiophene rings is 1. The molecular weight excluding hydrogens is 302 g/mol. The van der Waals surface area contributed by atoms with E-state index in [9.17, 15) is 0 Å². The molecule has 0 bridgehead atoms. The van der Waals surface area contributed by atoms with Gasteiger partial charge in [-0.2, -0.15) is 0 Å². The molecule has 0 radical (unpaired) electrons. The van der Waals surface area contributed by atoms with Gasteiger partial charge in [0.05, 0.1) is 11.6 Å².